The van der Waals surface area contributed by atoms with Gasteiger partial charge in [-0.15, -0.1) is 0 Å². The SMILES string of the molecule is CCCc1nc(NN)c(C)c(NC2CCC(CC)C2C)n1. The summed E-state index contributed by atoms with van der Waals surface area (Å²) in [5.41, 5.74) is 3.70. The van der Waals surface area contributed by atoms with Gasteiger partial charge in [-0.25, -0.2) is 15.8 Å². The summed E-state index contributed by atoms with van der Waals surface area (Å²) >= 11 is 0. The molecule has 0 aliphatic heterocycles. The Morgan fingerprint density at radius 1 is 1.19 bits per heavy atom. The van der Waals surface area contributed by atoms with Crippen molar-refractivity contribution >= 4 is 11.6 Å². The molecule has 0 aromatic carbocycles. The molecule has 0 amide bonds. The quantitative estimate of drug-likeness (QED) is 0.554. The van der Waals surface area contributed by atoms with Crippen LogP contribution in [0.15, 0.2) is 0 Å². The van der Waals surface area contributed by atoms with Crippen molar-refractivity contribution in [1.82, 2.24) is 9.97 Å². The minimum atomic E-state index is 0.503. The molecule has 1 heterocycles. The number of hydrazine groups is 1. The van der Waals surface area contributed by atoms with Crippen molar-refractivity contribution < 1.29 is 0 Å². The number of hydrogen-bond acceptors (Lipinski definition) is 5. The molecule has 118 valence electrons. The van der Waals surface area contributed by atoms with Crippen LogP contribution in [-0.4, -0.2) is 16.0 Å². The highest BCUT2D eigenvalue weighted by Gasteiger charge is 2.32. The van der Waals surface area contributed by atoms with Gasteiger partial charge < -0.3 is 10.7 Å². The van der Waals surface area contributed by atoms with Gasteiger partial charge in [0.2, 0.25) is 0 Å². The maximum Gasteiger partial charge on any atom is 0.148 e. The van der Waals surface area contributed by atoms with E-state index < -0.39 is 0 Å². The molecular weight excluding hydrogens is 262 g/mol. The van der Waals surface area contributed by atoms with Crippen LogP contribution >= 0.6 is 0 Å². The van der Waals surface area contributed by atoms with E-state index in [9.17, 15) is 0 Å². The lowest BCUT2D eigenvalue weighted by Gasteiger charge is -2.23. The van der Waals surface area contributed by atoms with Crippen molar-refractivity contribution in [2.24, 2.45) is 17.7 Å². The van der Waals surface area contributed by atoms with Gasteiger partial charge in [-0.2, -0.15) is 0 Å². The Bertz CT molecular complexity index is 474. The summed E-state index contributed by atoms with van der Waals surface area (Å²) in [6.07, 6.45) is 5.70. The lowest BCUT2D eigenvalue weighted by atomic mass is 9.93. The number of anilines is 2. The maximum atomic E-state index is 5.60. The molecule has 2 rings (SSSR count). The highest BCUT2D eigenvalue weighted by atomic mass is 15.3. The molecule has 0 saturated heterocycles. The number of nitrogen functional groups attached to an aromatic ring is 1. The molecule has 1 fully saturated rings. The Kier molecular flexibility index (Phi) is 5.39. The molecule has 1 aliphatic carbocycles. The number of nitrogens with two attached hydrogens (primary N) is 1. The van der Waals surface area contributed by atoms with E-state index in [-0.39, 0.29) is 0 Å². The Morgan fingerprint density at radius 2 is 1.90 bits per heavy atom. The van der Waals surface area contributed by atoms with Crippen LogP contribution in [0.1, 0.15) is 57.8 Å². The van der Waals surface area contributed by atoms with Crippen LogP contribution in [0.4, 0.5) is 11.6 Å². The zero-order valence-corrected chi connectivity index (χ0v) is 13.7. The second kappa shape index (κ2) is 7.07. The predicted octanol–water partition coefficient (Wildman–Crippen LogP) is 3.26. The molecule has 4 N–H and O–H groups in total. The second-order valence-corrected chi connectivity index (χ2v) is 6.21. The van der Waals surface area contributed by atoms with Crippen LogP contribution in [0.3, 0.4) is 0 Å². The molecule has 0 bridgehead atoms. The van der Waals surface area contributed by atoms with E-state index in [0.29, 0.717) is 12.0 Å². The predicted molar refractivity (Wildman–Crippen MR) is 88.2 cm³/mol. The average Bonchev–Trinajstić information content (AvgIpc) is 2.83. The van der Waals surface area contributed by atoms with Crippen molar-refractivity contribution in [3.8, 4) is 0 Å². The van der Waals surface area contributed by atoms with Crippen LogP contribution < -0.4 is 16.6 Å². The maximum absolute atomic E-state index is 5.60. The van der Waals surface area contributed by atoms with E-state index >= 15 is 0 Å². The largest absolute Gasteiger partial charge is 0.367 e. The molecule has 21 heavy (non-hydrogen) atoms. The van der Waals surface area contributed by atoms with Crippen LogP contribution in [0.2, 0.25) is 0 Å². The number of hydrogen-bond donors (Lipinski definition) is 3. The van der Waals surface area contributed by atoms with Gasteiger partial charge in [-0.3, -0.25) is 0 Å². The number of rotatable bonds is 6. The summed E-state index contributed by atoms with van der Waals surface area (Å²) in [4.78, 5) is 9.18. The van der Waals surface area contributed by atoms with Gasteiger partial charge in [0.15, 0.2) is 0 Å². The fourth-order valence-corrected chi connectivity index (χ4v) is 3.38. The van der Waals surface area contributed by atoms with Crippen LogP contribution in [-0.2, 0) is 6.42 Å². The number of nitrogens with one attached hydrogen (secondary N) is 2. The topological polar surface area (TPSA) is 75.9 Å². The monoisotopic (exact) mass is 291 g/mol. The first-order valence-electron chi connectivity index (χ1n) is 8.21. The average molecular weight is 291 g/mol. The molecular formula is C16H29N5. The molecule has 1 aromatic heterocycles. The molecule has 3 atom stereocenters. The van der Waals surface area contributed by atoms with Gasteiger partial charge in [0.1, 0.15) is 17.5 Å². The van der Waals surface area contributed by atoms with Gasteiger partial charge in [-0.1, -0.05) is 27.2 Å². The highest BCUT2D eigenvalue weighted by Crippen LogP contribution is 2.36. The summed E-state index contributed by atoms with van der Waals surface area (Å²) in [6, 6.07) is 0.503. The van der Waals surface area contributed by atoms with E-state index in [0.717, 1.165) is 41.8 Å². The van der Waals surface area contributed by atoms with Gasteiger partial charge >= 0.3 is 0 Å². The summed E-state index contributed by atoms with van der Waals surface area (Å²) in [5.74, 6) is 9.64. The van der Waals surface area contributed by atoms with Crippen molar-refractivity contribution in [3.05, 3.63) is 11.4 Å². The van der Waals surface area contributed by atoms with E-state index in [4.69, 9.17) is 10.8 Å². The number of nitrogens with zero attached hydrogens (tertiary/aromatic N) is 2. The van der Waals surface area contributed by atoms with Crippen molar-refractivity contribution in [1.29, 1.82) is 0 Å². The molecule has 0 spiro atoms. The van der Waals surface area contributed by atoms with E-state index in [1.807, 2.05) is 6.92 Å². The van der Waals surface area contributed by atoms with Crippen LogP contribution in [0.5, 0.6) is 0 Å². The first kappa shape index (κ1) is 16.0. The van der Waals surface area contributed by atoms with Gasteiger partial charge in [0.25, 0.3) is 0 Å². The van der Waals surface area contributed by atoms with Crippen molar-refractivity contribution in [2.45, 2.75) is 65.8 Å². The number of aryl methyl sites for hydroxylation is 1. The van der Waals surface area contributed by atoms with Gasteiger partial charge in [0, 0.05) is 18.0 Å². The smallest absolute Gasteiger partial charge is 0.148 e. The summed E-state index contributed by atoms with van der Waals surface area (Å²) < 4.78 is 0. The first-order valence-corrected chi connectivity index (χ1v) is 8.21. The van der Waals surface area contributed by atoms with E-state index in [1.54, 1.807) is 0 Å². The Balaban J connectivity index is 2.20. The van der Waals surface area contributed by atoms with Gasteiger partial charge in [0.05, 0.1) is 0 Å². The van der Waals surface area contributed by atoms with Crippen molar-refractivity contribution in [3.63, 3.8) is 0 Å². The Hall–Kier alpha value is -1.36. The lowest BCUT2D eigenvalue weighted by Crippen LogP contribution is -2.26. The summed E-state index contributed by atoms with van der Waals surface area (Å²) in [7, 11) is 0. The molecule has 1 saturated carbocycles. The third-order valence-electron chi connectivity index (χ3n) is 4.88. The third-order valence-corrected chi connectivity index (χ3v) is 4.88. The highest BCUT2D eigenvalue weighted by molar-refractivity contribution is 5.57. The number of aromatic nitrogens is 2. The lowest BCUT2D eigenvalue weighted by molar-refractivity contribution is 0.391. The molecule has 1 aromatic rings. The summed E-state index contributed by atoms with van der Waals surface area (Å²) in [6.45, 7) is 8.79. The van der Waals surface area contributed by atoms with Crippen molar-refractivity contribution in [2.75, 3.05) is 10.7 Å². The Morgan fingerprint density at radius 3 is 2.48 bits per heavy atom. The molecule has 5 heteroatoms. The van der Waals surface area contributed by atoms with Crippen LogP contribution in [0.25, 0.3) is 0 Å². The molecule has 0 radical (unpaired) electrons. The third kappa shape index (κ3) is 3.46. The normalized spacial score (nSPS) is 25.1. The van der Waals surface area contributed by atoms with Crippen LogP contribution in [0, 0.1) is 18.8 Å². The van der Waals surface area contributed by atoms with Gasteiger partial charge in [-0.05, 0) is 38.0 Å². The molecule has 1 aliphatic rings. The fourth-order valence-electron chi connectivity index (χ4n) is 3.38. The molecule has 5 nitrogen and oxygen atoms in total. The minimum Gasteiger partial charge on any atom is -0.367 e. The standard InChI is InChI=1S/C16H29N5/c1-5-7-14-19-15(11(4)16(20-14)21-17)18-13-9-8-12(6-2)10(13)3/h10,12-13H,5-9,17H2,1-4H3,(H2,18,19,20,21). The first-order chi connectivity index (χ1) is 10.1. The zero-order chi connectivity index (χ0) is 15.4. The fraction of sp³-hybridized carbons (Fsp3) is 0.750. The second-order valence-electron chi connectivity index (χ2n) is 6.21. The zero-order valence-electron chi connectivity index (χ0n) is 13.7. The minimum absolute atomic E-state index is 0.503. The van der Waals surface area contributed by atoms with E-state index in [1.165, 1.54) is 19.3 Å². The molecule has 3 unspecified atom stereocenters. The summed E-state index contributed by atoms with van der Waals surface area (Å²) in [5, 5.41) is 3.65. The van der Waals surface area contributed by atoms with E-state index in [2.05, 4.69) is 36.5 Å². The Labute approximate surface area is 128 Å².